The first-order chi connectivity index (χ1) is 15.0. The fraction of sp³-hybridized carbons (Fsp3) is 0.609. The van der Waals surface area contributed by atoms with Crippen molar-refractivity contribution in [1.29, 1.82) is 5.26 Å². The number of hydrogen-bond acceptors (Lipinski definition) is 5. The second kappa shape index (κ2) is 6.75. The van der Waals surface area contributed by atoms with Gasteiger partial charge in [-0.25, -0.2) is 4.39 Å². The Morgan fingerprint density at radius 1 is 1.29 bits per heavy atom. The number of piperidine rings is 1. The third-order valence-corrected chi connectivity index (χ3v) is 8.06. The van der Waals surface area contributed by atoms with Crippen LogP contribution < -0.4 is 5.73 Å². The minimum Gasteiger partial charge on any atom is -0.330 e. The molecule has 1 unspecified atom stereocenters. The van der Waals surface area contributed by atoms with Crippen molar-refractivity contribution in [2.75, 3.05) is 13.1 Å². The van der Waals surface area contributed by atoms with E-state index in [9.17, 15) is 19.2 Å². The molecule has 31 heavy (non-hydrogen) atoms. The van der Waals surface area contributed by atoms with Crippen LogP contribution in [0.5, 0.6) is 0 Å². The van der Waals surface area contributed by atoms with Gasteiger partial charge in [0.2, 0.25) is 11.8 Å². The van der Waals surface area contributed by atoms with Crippen molar-refractivity contribution in [2.45, 2.75) is 68.4 Å². The lowest BCUT2D eigenvalue weighted by Gasteiger charge is -2.38. The fourth-order valence-corrected chi connectivity index (χ4v) is 6.56. The highest BCUT2D eigenvalue weighted by Crippen LogP contribution is 2.48. The van der Waals surface area contributed by atoms with Gasteiger partial charge in [0.25, 0.3) is 0 Å². The Kier molecular flexibility index (Phi) is 4.18. The minimum absolute atomic E-state index is 0.0170. The molecule has 1 saturated carbocycles. The first kappa shape index (κ1) is 19.2. The van der Waals surface area contributed by atoms with E-state index in [1.807, 2.05) is 11.0 Å². The molecule has 4 fully saturated rings. The Bertz CT molecular complexity index is 1010. The van der Waals surface area contributed by atoms with Crippen molar-refractivity contribution in [1.82, 2.24) is 14.7 Å². The molecule has 7 atom stereocenters. The Hall–Kier alpha value is -2.50. The van der Waals surface area contributed by atoms with Crippen LogP contribution in [0.15, 0.2) is 18.2 Å². The summed E-state index contributed by atoms with van der Waals surface area (Å²) in [5.74, 6) is 0.168. The van der Waals surface area contributed by atoms with Gasteiger partial charge in [0, 0.05) is 25.2 Å². The van der Waals surface area contributed by atoms with Crippen molar-refractivity contribution in [3.8, 4) is 6.07 Å². The van der Waals surface area contributed by atoms with Gasteiger partial charge < -0.3 is 15.5 Å². The summed E-state index contributed by atoms with van der Waals surface area (Å²) in [5, 5.41) is 9.36. The summed E-state index contributed by atoms with van der Waals surface area (Å²) >= 11 is 0. The lowest BCUT2D eigenvalue weighted by atomic mass is 10.1. The van der Waals surface area contributed by atoms with Gasteiger partial charge in [-0.15, -0.1) is 0 Å². The normalized spacial score (nSPS) is 36.5. The molecule has 2 amide bonds. The molecule has 2 bridgehead atoms. The first-order valence-corrected chi connectivity index (χ1v) is 11.3. The summed E-state index contributed by atoms with van der Waals surface area (Å²) in [5.41, 5.74) is 8.35. The zero-order valence-corrected chi connectivity index (χ0v) is 17.3. The second-order valence-corrected chi connectivity index (χ2v) is 9.80. The fourth-order valence-electron chi connectivity index (χ4n) is 6.56. The van der Waals surface area contributed by atoms with Gasteiger partial charge >= 0.3 is 0 Å². The lowest BCUT2D eigenvalue weighted by Crippen LogP contribution is -2.57. The van der Waals surface area contributed by atoms with Crippen LogP contribution >= 0.6 is 0 Å². The van der Waals surface area contributed by atoms with E-state index in [1.54, 1.807) is 11.0 Å². The van der Waals surface area contributed by atoms with E-state index < -0.39 is 6.04 Å². The summed E-state index contributed by atoms with van der Waals surface area (Å²) in [6.45, 7) is 1.05. The molecular weight excluding hydrogens is 397 g/mol. The molecule has 2 N–H and O–H groups in total. The van der Waals surface area contributed by atoms with Crippen LogP contribution in [0.25, 0.3) is 0 Å². The van der Waals surface area contributed by atoms with Gasteiger partial charge in [-0.2, -0.15) is 5.26 Å². The largest absolute Gasteiger partial charge is 0.330 e. The molecule has 1 aromatic rings. The monoisotopic (exact) mass is 423 g/mol. The summed E-state index contributed by atoms with van der Waals surface area (Å²) in [6.07, 6.45) is 4.11. The maximum atomic E-state index is 13.6. The third-order valence-electron chi connectivity index (χ3n) is 8.06. The van der Waals surface area contributed by atoms with Crippen molar-refractivity contribution in [3.63, 3.8) is 0 Å². The molecule has 0 spiro atoms. The Labute approximate surface area is 180 Å². The number of nitrogens with two attached hydrogens (primary N) is 1. The smallest absolute Gasteiger partial charge is 0.242 e. The maximum absolute atomic E-state index is 13.6. The average molecular weight is 423 g/mol. The van der Waals surface area contributed by atoms with Crippen LogP contribution in [0.3, 0.4) is 0 Å². The molecule has 1 aromatic carbocycles. The Morgan fingerprint density at radius 2 is 2.13 bits per heavy atom. The quantitative estimate of drug-likeness (QED) is 0.778. The highest BCUT2D eigenvalue weighted by atomic mass is 19.1. The van der Waals surface area contributed by atoms with Crippen molar-refractivity contribution >= 4 is 11.8 Å². The second-order valence-electron chi connectivity index (χ2n) is 9.80. The molecule has 2 aliphatic carbocycles. The molecule has 0 aromatic heterocycles. The summed E-state index contributed by atoms with van der Waals surface area (Å²) in [4.78, 5) is 31.9. The zero-order valence-electron chi connectivity index (χ0n) is 17.3. The van der Waals surface area contributed by atoms with Crippen LogP contribution in [0.4, 0.5) is 4.39 Å². The number of hydrogen-bond donors (Lipinski definition) is 1. The SMILES string of the molecule is N#C[C@@H]1CC2C[C@@H]2N1C(=O)[C@@H](N)CN1C[C@H]2C[C@@H]1C(=O)N2[C@@H]1CCc2cc(F)ccc21. The number of aryl methyl sites for hydroxylation is 1. The molecule has 5 aliphatic rings. The molecule has 3 aliphatic heterocycles. The molecule has 7 nitrogen and oxygen atoms in total. The molecule has 8 heteroatoms. The summed E-state index contributed by atoms with van der Waals surface area (Å²) < 4.78 is 13.6. The van der Waals surface area contributed by atoms with E-state index in [1.165, 1.54) is 6.07 Å². The summed E-state index contributed by atoms with van der Waals surface area (Å²) in [6, 6.07) is 6.11. The molecular formula is C23H26FN5O2. The highest BCUT2D eigenvalue weighted by molar-refractivity contribution is 5.87. The predicted molar refractivity (Wildman–Crippen MR) is 109 cm³/mol. The van der Waals surface area contributed by atoms with E-state index >= 15 is 0 Å². The number of likely N-dealkylation sites (tertiary alicyclic amines) is 3. The summed E-state index contributed by atoms with van der Waals surface area (Å²) in [7, 11) is 0. The number of piperazine rings is 1. The third kappa shape index (κ3) is 2.83. The van der Waals surface area contributed by atoms with E-state index in [-0.39, 0.29) is 47.8 Å². The van der Waals surface area contributed by atoms with Gasteiger partial charge in [0.05, 0.1) is 24.2 Å². The standard InChI is InChI=1S/C23H26FN5O2/c24-14-2-3-17-12(5-14)1-4-19(17)29-16-8-21(23(29)31)27(10-16)11-18(26)22(30)28-15(9-25)6-13-7-20(13)28/h2-3,5,13,15-16,18-21H,1,4,6-8,10-11,26H2/t13?,15-,16+,18-,19+,20-,21+/m0/s1. The number of halogens is 1. The average Bonchev–Trinajstić information content (AvgIpc) is 3.08. The highest BCUT2D eigenvalue weighted by Gasteiger charge is 2.56. The number of rotatable bonds is 4. The maximum Gasteiger partial charge on any atom is 0.242 e. The van der Waals surface area contributed by atoms with Crippen molar-refractivity contribution in [2.24, 2.45) is 11.7 Å². The number of benzene rings is 1. The number of carbonyl (C=O) groups excluding carboxylic acids is 2. The van der Waals surface area contributed by atoms with Gasteiger partial charge in [-0.05, 0) is 61.3 Å². The van der Waals surface area contributed by atoms with Gasteiger partial charge in [-0.3, -0.25) is 14.5 Å². The van der Waals surface area contributed by atoms with Crippen LogP contribution in [-0.4, -0.2) is 69.8 Å². The van der Waals surface area contributed by atoms with Gasteiger partial charge in [-0.1, -0.05) is 6.07 Å². The van der Waals surface area contributed by atoms with E-state index in [2.05, 4.69) is 11.0 Å². The number of fused-ring (bicyclic) bond motifs is 4. The predicted octanol–water partition coefficient (Wildman–Crippen LogP) is 0.938. The van der Waals surface area contributed by atoms with Gasteiger partial charge in [0.15, 0.2) is 0 Å². The van der Waals surface area contributed by atoms with E-state index in [0.29, 0.717) is 19.0 Å². The van der Waals surface area contributed by atoms with E-state index in [4.69, 9.17) is 5.73 Å². The number of carbonyl (C=O) groups is 2. The minimum atomic E-state index is -0.717. The van der Waals surface area contributed by atoms with Crippen LogP contribution in [0, 0.1) is 23.1 Å². The molecule has 0 radical (unpaired) electrons. The lowest BCUT2D eigenvalue weighted by molar-refractivity contribution is -0.141. The molecule has 162 valence electrons. The number of nitriles is 1. The van der Waals surface area contributed by atoms with Crippen molar-refractivity contribution in [3.05, 3.63) is 35.1 Å². The molecule has 3 heterocycles. The van der Waals surface area contributed by atoms with Crippen LogP contribution in [0.1, 0.15) is 42.9 Å². The van der Waals surface area contributed by atoms with Crippen molar-refractivity contribution < 1.29 is 14.0 Å². The number of nitrogens with zero attached hydrogens (tertiary/aromatic N) is 4. The topological polar surface area (TPSA) is 93.7 Å². The van der Waals surface area contributed by atoms with Gasteiger partial charge in [0.1, 0.15) is 11.9 Å². The Morgan fingerprint density at radius 3 is 2.90 bits per heavy atom. The van der Waals surface area contributed by atoms with E-state index in [0.717, 1.165) is 43.2 Å². The molecule has 6 rings (SSSR count). The number of amides is 2. The Balaban J connectivity index is 1.13. The first-order valence-electron chi connectivity index (χ1n) is 11.3. The molecule has 3 saturated heterocycles. The zero-order chi connectivity index (χ0) is 21.4. The van der Waals surface area contributed by atoms with Crippen LogP contribution in [0.2, 0.25) is 0 Å². The van der Waals surface area contributed by atoms with Crippen LogP contribution in [-0.2, 0) is 16.0 Å².